The first kappa shape index (κ1) is 25.3. The number of alkyl halides is 3. The molecule has 0 fully saturated rings. The van der Waals surface area contributed by atoms with Crippen LogP contribution in [0.25, 0.3) is 33.7 Å². The fourth-order valence-corrected chi connectivity index (χ4v) is 4.03. The topological polar surface area (TPSA) is 86.8 Å². The first-order valence-electron chi connectivity index (χ1n) is 11.7. The summed E-state index contributed by atoms with van der Waals surface area (Å²) in [6.07, 6.45) is -4.61. The van der Waals surface area contributed by atoms with Gasteiger partial charge >= 0.3 is 6.18 Å². The van der Waals surface area contributed by atoms with Crippen LogP contribution in [0.15, 0.2) is 53.3 Å². The Morgan fingerprint density at radius 2 is 1.64 bits per heavy atom. The number of halogens is 3. The molecule has 3 aromatic heterocycles. The van der Waals surface area contributed by atoms with E-state index in [1.165, 1.54) is 13.0 Å². The number of nitrogens with zero attached hydrogens (tertiary/aromatic N) is 4. The van der Waals surface area contributed by atoms with E-state index in [0.29, 0.717) is 29.0 Å². The molecule has 7 nitrogen and oxygen atoms in total. The van der Waals surface area contributed by atoms with Crippen LogP contribution in [0.3, 0.4) is 0 Å². The lowest BCUT2D eigenvalue weighted by molar-refractivity contribution is -0.141. The zero-order valence-corrected chi connectivity index (χ0v) is 20.3. The van der Waals surface area contributed by atoms with E-state index < -0.39 is 11.9 Å². The third-order valence-corrected chi connectivity index (χ3v) is 5.87. The Bertz CT molecular complexity index is 1420. The summed E-state index contributed by atoms with van der Waals surface area (Å²) in [5, 5.41) is 3.26. The quantitative estimate of drug-likeness (QED) is 0.352. The molecule has 1 aromatic carbocycles. The maximum Gasteiger partial charge on any atom is 0.433 e. The van der Waals surface area contributed by atoms with Crippen molar-refractivity contribution in [3.8, 4) is 22.5 Å². The van der Waals surface area contributed by atoms with Gasteiger partial charge in [-0.3, -0.25) is 4.79 Å². The standard InChI is InChI=1S/C26H27F3N6O/c1-4-35(5-2)12-11-30-19-15-21(36)32-25-24(19)33-23(22(34-25)17-9-7-6-8-10-17)18-13-16(3)31-20(14-18)26(27,28)29/h6-10,13-15H,4-5,11-12H2,1-3H3,(H2,30,32,34,36). The number of hydrogen-bond acceptors (Lipinski definition) is 6. The van der Waals surface area contributed by atoms with Crippen LogP contribution in [-0.2, 0) is 6.18 Å². The number of aryl methyl sites for hydroxylation is 1. The van der Waals surface area contributed by atoms with Crippen LogP contribution in [0.2, 0.25) is 0 Å². The van der Waals surface area contributed by atoms with E-state index in [9.17, 15) is 18.0 Å². The van der Waals surface area contributed by atoms with E-state index in [1.807, 2.05) is 6.07 Å². The van der Waals surface area contributed by atoms with Crippen molar-refractivity contribution in [2.45, 2.75) is 26.9 Å². The van der Waals surface area contributed by atoms with Crippen molar-refractivity contribution < 1.29 is 13.2 Å². The lowest BCUT2D eigenvalue weighted by Gasteiger charge is -2.19. The molecule has 0 aliphatic carbocycles. The molecule has 36 heavy (non-hydrogen) atoms. The zero-order chi connectivity index (χ0) is 25.9. The number of likely N-dealkylation sites (N-methyl/N-ethyl adjacent to an activating group) is 1. The highest BCUT2D eigenvalue weighted by Gasteiger charge is 2.33. The van der Waals surface area contributed by atoms with Crippen molar-refractivity contribution >= 4 is 16.9 Å². The number of aromatic amines is 1. The molecule has 188 valence electrons. The molecule has 0 radical (unpaired) electrons. The summed E-state index contributed by atoms with van der Waals surface area (Å²) < 4.78 is 40.7. The average Bonchev–Trinajstić information content (AvgIpc) is 2.85. The van der Waals surface area contributed by atoms with Gasteiger partial charge in [0, 0.05) is 36.0 Å². The molecule has 10 heteroatoms. The normalized spacial score (nSPS) is 11.9. The van der Waals surface area contributed by atoms with Gasteiger partial charge < -0.3 is 15.2 Å². The number of aromatic nitrogens is 4. The lowest BCUT2D eigenvalue weighted by atomic mass is 10.0. The van der Waals surface area contributed by atoms with Crippen LogP contribution < -0.4 is 10.9 Å². The first-order valence-corrected chi connectivity index (χ1v) is 11.7. The Labute approximate surface area is 206 Å². The van der Waals surface area contributed by atoms with Crippen molar-refractivity contribution in [3.05, 3.63) is 70.3 Å². The fraction of sp³-hybridized carbons (Fsp3) is 0.308. The largest absolute Gasteiger partial charge is 0.433 e. The minimum absolute atomic E-state index is 0.208. The number of pyridine rings is 2. The van der Waals surface area contributed by atoms with Gasteiger partial charge in [0.25, 0.3) is 5.56 Å². The molecule has 0 spiro atoms. The van der Waals surface area contributed by atoms with Crippen LogP contribution >= 0.6 is 0 Å². The van der Waals surface area contributed by atoms with Gasteiger partial charge in [-0.2, -0.15) is 13.2 Å². The molecule has 0 aliphatic rings. The highest BCUT2D eigenvalue weighted by atomic mass is 19.4. The molecule has 4 rings (SSSR count). The second-order valence-electron chi connectivity index (χ2n) is 8.37. The minimum Gasteiger partial charge on any atom is -0.382 e. The fourth-order valence-electron chi connectivity index (χ4n) is 4.03. The Morgan fingerprint density at radius 3 is 2.31 bits per heavy atom. The Morgan fingerprint density at radius 1 is 0.944 bits per heavy atom. The van der Waals surface area contributed by atoms with Crippen LogP contribution in [0.1, 0.15) is 25.2 Å². The van der Waals surface area contributed by atoms with Gasteiger partial charge in [-0.15, -0.1) is 0 Å². The summed E-state index contributed by atoms with van der Waals surface area (Å²) >= 11 is 0. The van der Waals surface area contributed by atoms with Gasteiger partial charge in [0.1, 0.15) is 11.2 Å². The molecule has 0 bridgehead atoms. The number of fused-ring (bicyclic) bond motifs is 1. The van der Waals surface area contributed by atoms with Gasteiger partial charge in [0.15, 0.2) is 5.65 Å². The smallest absolute Gasteiger partial charge is 0.382 e. The third-order valence-electron chi connectivity index (χ3n) is 5.87. The molecule has 0 saturated heterocycles. The number of rotatable bonds is 8. The number of hydrogen-bond donors (Lipinski definition) is 2. The predicted molar refractivity (Wildman–Crippen MR) is 135 cm³/mol. The van der Waals surface area contributed by atoms with E-state index in [0.717, 1.165) is 25.7 Å². The van der Waals surface area contributed by atoms with Crippen molar-refractivity contribution in [3.63, 3.8) is 0 Å². The average molecular weight is 497 g/mol. The van der Waals surface area contributed by atoms with Crippen LogP contribution in [-0.4, -0.2) is 51.0 Å². The molecule has 4 aromatic rings. The molecular formula is C26H27F3N6O. The number of H-pyrrole nitrogens is 1. The van der Waals surface area contributed by atoms with Gasteiger partial charge in [-0.25, -0.2) is 15.0 Å². The SMILES string of the molecule is CCN(CC)CCNc1cc(=O)[nH]c2nc(-c3ccccc3)c(-c3cc(C)nc(C(F)(F)F)c3)nc12. The second-order valence-corrected chi connectivity index (χ2v) is 8.37. The van der Waals surface area contributed by atoms with E-state index in [1.54, 1.807) is 30.3 Å². The summed E-state index contributed by atoms with van der Waals surface area (Å²) in [6.45, 7) is 8.74. The van der Waals surface area contributed by atoms with Gasteiger partial charge in [-0.05, 0) is 32.1 Å². The highest BCUT2D eigenvalue weighted by Crippen LogP contribution is 2.35. The molecule has 0 amide bonds. The summed E-state index contributed by atoms with van der Waals surface area (Å²) in [4.78, 5) is 30.4. The second kappa shape index (κ2) is 10.4. The van der Waals surface area contributed by atoms with Crippen molar-refractivity contribution in [1.82, 2.24) is 24.8 Å². The Kier molecular flexibility index (Phi) is 7.35. The van der Waals surface area contributed by atoms with Crippen molar-refractivity contribution in [2.75, 3.05) is 31.5 Å². The van der Waals surface area contributed by atoms with Gasteiger partial charge in [0.2, 0.25) is 0 Å². The molecular weight excluding hydrogens is 469 g/mol. The summed E-state index contributed by atoms with van der Waals surface area (Å²) in [5.74, 6) is 0. The van der Waals surface area contributed by atoms with E-state index in [2.05, 4.69) is 39.0 Å². The van der Waals surface area contributed by atoms with Crippen molar-refractivity contribution in [1.29, 1.82) is 0 Å². The molecule has 2 N–H and O–H groups in total. The first-order chi connectivity index (χ1) is 17.2. The zero-order valence-electron chi connectivity index (χ0n) is 20.3. The summed E-state index contributed by atoms with van der Waals surface area (Å²) in [7, 11) is 0. The maximum absolute atomic E-state index is 13.6. The predicted octanol–water partition coefficient (Wildman–Crippen LogP) is 5.13. The van der Waals surface area contributed by atoms with Crippen LogP contribution in [0.5, 0.6) is 0 Å². The van der Waals surface area contributed by atoms with Crippen molar-refractivity contribution in [2.24, 2.45) is 0 Å². The summed E-state index contributed by atoms with van der Waals surface area (Å²) in [6, 6.07) is 12.9. The molecule has 0 unspecified atom stereocenters. The third kappa shape index (κ3) is 5.54. The monoisotopic (exact) mass is 496 g/mol. The number of anilines is 1. The number of nitrogens with one attached hydrogen (secondary N) is 2. The maximum atomic E-state index is 13.6. The molecule has 0 aliphatic heterocycles. The van der Waals surface area contributed by atoms with E-state index in [-0.39, 0.29) is 28.2 Å². The molecule has 0 atom stereocenters. The van der Waals surface area contributed by atoms with Gasteiger partial charge in [-0.1, -0.05) is 44.2 Å². The molecule has 0 saturated carbocycles. The summed E-state index contributed by atoms with van der Waals surface area (Å²) in [5.41, 5.74) is 1.46. The Hall–Kier alpha value is -3.79. The van der Waals surface area contributed by atoms with Gasteiger partial charge in [0.05, 0.1) is 17.1 Å². The van der Waals surface area contributed by atoms with E-state index >= 15 is 0 Å². The van der Waals surface area contributed by atoms with Crippen LogP contribution in [0.4, 0.5) is 18.9 Å². The lowest BCUT2D eigenvalue weighted by Crippen LogP contribution is -2.29. The molecule has 3 heterocycles. The minimum atomic E-state index is -4.61. The number of benzene rings is 1. The highest BCUT2D eigenvalue weighted by molar-refractivity contribution is 5.91. The van der Waals surface area contributed by atoms with Crippen LogP contribution in [0, 0.1) is 6.92 Å². The Balaban J connectivity index is 1.91. The van der Waals surface area contributed by atoms with E-state index in [4.69, 9.17) is 4.98 Å².